The van der Waals surface area contributed by atoms with Crippen LogP contribution in [-0.2, 0) is 0 Å². The fourth-order valence-corrected chi connectivity index (χ4v) is 3.20. The molecule has 0 saturated carbocycles. The minimum Gasteiger partial charge on any atom is -0.493 e. The first-order valence-electron chi connectivity index (χ1n) is 8.89. The molecule has 0 radical (unpaired) electrons. The maximum absolute atomic E-state index is 8.98. The highest BCUT2D eigenvalue weighted by Crippen LogP contribution is 2.27. The SMILES string of the molecule is N#CC(C#N)=Cc1cc(Br)ccc1OCCCOc1ccc(Br)cc1C=C(C#N)C#N. The molecule has 0 bridgehead atoms. The Kier molecular flexibility index (Phi) is 9.34. The zero-order valence-corrected chi connectivity index (χ0v) is 19.3. The summed E-state index contributed by atoms with van der Waals surface area (Å²) in [6, 6.07) is 18.0. The zero-order valence-electron chi connectivity index (χ0n) is 16.1. The lowest BCUT2D eigenvalue weighted by molar-refractivity contribution is 0.247. The second-order valence-electron chi connectivity index (χ2n) is 5.98. The summed E-state index contributed by atoms with van der Waals surface area (Å²) in [6.45, 7) is 0.695. The van der Waals surface area contributed by atoms with Gasteiger partial charge in [-0.1, -0.05) is 31.9 Å². The molecule has 0 atom stereocenters. The van der Waals surface area contributed by atoms with Crippen LogP contribution in [0.3, 0.4) is 0 Å². The van der Waals surface area contributed by atoms with Crippen molar-refractivity contribution < 1.29 is 9.47 Å². The highest BCUT2D eigenvalue weighted by Gasteiger charge is 2.07. The molecule has 0 N–H and O–H groups in total. The minimum atomic E-state index is -0.0174. The Morgan fingerprint density at radius 3 is 1.45 bits per heavy atom. The number of benzene rings is 2. The highest BCUT2D eigenvalue weighted by molar-refractivity contribution is 9.10. The fourth-order valence-electron chi connectivity index (χ4n) is 2.44. The van der Waals surface area contributed by atoms with Gasteiger partial charge in [0.1, 0.15) is 46.9 Å². The Labute approximate surface area is 197 Å². The molecule has 0 amide bonds. The number of allylic oxidation sites excluding steroid dienone is 2. The summed E-state index contributed by atoms with van der Waals surface area (Å²) in [5.41, 5.74) is 1.20. The van der Waals surface area contributed by atoms with Gasteiger partial charge >= 0.3 is 0 Å². The molecular formula is C23H14Br2N4O2. The zero-order chi connectivity index (χ0) is 22.6. The maximum Gasteiger partial charge on any atom is 0.130 e. The van der Waals surface area contributed by atoms with Crippen molar-refractivity contribution in [2.45, 2.75) is 6.42 Å². The number of rotatable bonds is 8. The molecule has 31 heavy (non-hydrogen) atoms. The number of nitriles is 4. The Morgan fingerprint density at radius 2 is 1.10 bits per heavy atom. The Balaban J connectivity index is 2.02. The quantitative estimate of drug-likeness (QED) is 0.305. The van der Waals surface area contributed by atoms with Gasteiger partial charge in [0.15, 0.2) is 0 Å². The van der Waals surface area contributed by atoms with Crippen molar-refractivity contribution in [2.24, 2.45) is 0 Å². The Bertz CT molecular complexity index is 1070. The lowest BCUT2D eigenvalue weighted by Crippen LogP contribution is -2.06. The summed E-state index contributed by atoms with van der Waals surface area (Å²) >= 11 is 6.74. The molecule has 0 unspecified atom stereocenters. The molecule has 2 aromatic rings. The number of ether oxygens (including phenoxy) is 2. The highest BCUT2D eigenvalue weighted by atomic mass is 79.9. The van der Waals surface area contributed by atoms with Crippen LogP contribution in [0.4, 0.5) is 0 Å². The molecule has 2 aromatic carbocycles. The average Bonchev–Trinajstić information content (AvgIpc) is 2.77. The van der Waals surface area contributed by atoms with E-state index in [0.717, 1.165) is 8.95 Å². The van der Waals surface area contributed by atoms with Crippen molar-refractivity contribution in [1.82, 2.24) is 0 Å². The standard InChI is InChI=1S/C23H14Br2N4O2/c24-20-2-4-22(18(10-20)8-16(12-26)13-27)30-6-1-7-31-23-5-3-21(25)11-19(23)9-17(14-28)15-29/h2-5,8-11H,1,6-7H2. The smallest absolute Gasteiger partial charge is 0.130 e. The third-order valence-corrected chi connectivity index (χ3v) is 4.82. The van der Waals surface area contributed by atoms with Gasteiger partial charge in [0.05, 0.1) is 13.2 Å². The first-order valence-corrected chi connectivity index (χ1v) is 10.5. The van der Waals surface area contributed by atoms with Crippen LogP contribution in [0.1, 0.15) is 17.5 Å². The van der Waals surface area contributed by atoms with E-state index < -0.39 is 0 Å². The monoisotopic (exact) mass is 536 g/mol. The second-order valence-corrected chi connectivity index (χ2v) is 7.81. The molecule has 0 aliphatic rings. The molecule has 0 aliphatic heterocycles. The first-order chi connectivity index (χ1) is 15.0. The number of hydrogen-bond acceptors (Lipinski definition) is 6. The molecule has 0 aromatic heterocycles. The Morgan fingerprint density at radius 1 is 0.710 bits per heavy atom. The van der Waals surface area contributed by atoms with E-state index in [9.17, 15) is 0 Å². The van der Waals surface area contributed by atoms with Crippen LogP contribution in [0.2, 0.25) is 0 Å². The third kappa shape index (κ3) is 7.32. The number of halogens is 2. The predicted octanol–water partition coefficient (Wildman–Crippen LogP) is 5.92. The second kappa shape index (κ2) is 12.2. The van der Waals surface area contributed by atoms with Crippen LogP contribution in [0.5, 0.6) is 11.5 Å². The summed E-state index contributed by atoms with van der Waals surface area (Å²) in [7, 11) is 0. The number of nitrogens with zero attached hydrogens (tertiary/aromatic N) is 4. The van der Waals surface area contributed by atoms with E-state index in [1.165, 1.54) is 12.2 Å². The third-order valence-electron chi connectivity index (χ3n) is 3.83. The first kappa shape index (κ1) is 23.7. The van der Waals surface area contributed by atoms with Gasteiger partial charge in [0, 0.05) is 26.5 Å². The van der Waals surface area contributed by atoms with Gasteiger partial charge in [-0.3, -0.25) is 0 Å². The normalized spacial score (nSPS) is 9.23. The summed E-state index contributed by atoms with van der Waals surface area (Å²) in [6.07, 6.45) is 3.50. The molecule has 0 heterocycles. The average molecular weight is 538 g/mol. The van der Waals surface area contributed by atoms with Gasteiger partial charge < -0.3 is 9.47 Å². The fraction of sp³-hybridized carbons (Fsp3) is 0.130. The summed E-state index contributed by atoms with van der Waals surface area (Å²) in [4.78, 5) is 0. The molecule has 0 aliphatic carbocycles. The van der Waals surface area contributed by atoms with Crippen LogP contribution in [0.25, 0.3) is 12.2 Å². The van der Waals surface area contributed by atoms with Crippen LogP contribution >= 0.6 is 31.9 Å². The molecular weight excluding hydrogens is 524 g/mol. The van der Waals surface area contributed by atoms with E-state index in [-0.39, 0.29) is 11.1 Å². The van der Waals surface area contributed by atoms with E-state index in [1.54, 1.807) is 24.3 Å². The van der Waals surface area contributed by atoms with Gasteiger partial charge in [0.25, 0.3) is 0 Å². The van der Waals surface area contributed by atoms with E-state index in [2.05, 4.69) is 31.9 Å². The van der Waals surface area contributed by atoms with Crippen molar-refractivity contribution in [3.63, 3.8) is 0 Å². The summed E-state index contributed by atoms with van der Waals surface area (Å²) in [5.74, 6) is 1.09. The lowest BCUT2D eigenvalue weighted by atomic mass is 10.1. The lowest BCUT2D eigenvalue weighted by Gasteiger charge is -2.12. The van der Waals surface area contributed by atoms with E-state index >= 15 is 0 Å². The van der Waals surface area contributed by atoms with Gasteiger partial charge in [-0.2, -0.15) is 21.0 Å². The molecule has 0 spiro atoms. The van der Waals surface area contributed by atoms with Crippen molar-refractivity contribution >= 4 is 44.0 Å². The number of hydrogen-bond donors (Lipinski definition) is 0. The largest absolute Gasteiger partial charge is 0.493 e. The predicted molar refractivity (Wildman–Crippen MR) is 122 cm³/mol. The van der Waals surface area contributed by atoms with Crippen LogP contribution in [0.15, 0.2) is 56.5 Å². The van der Waals surface area contributed by atoms with E-state index in [1.807, 2.05) is 36.4 Å². The van der Waals surface area contributed by atoms with Gasteiger partial charge in [-0.05, 0) is 48.6 Å². The van der Waals surface area contributed by atoms with Crippen molar-refractivity contribution in [1.29, 1.82) is 21.0 Å². The van der Waals surface area contributed by atoms with Crippen molar-refractivity contribution in [3.05, 3.63) is 67.6 Å². The van der Waals surface area contributed by atoms with Crippen molar-refractivity contribution in [3.8, 4) is 35.8 Å². The topological polar surface area (TPSA) is 114 Å². The summed E-state index contributed by atoms with van der Waals surface area (Å²) < 4.78 is 13.2. The van der Waals surface area contributed by atoms with E-state index in [0.29, 0.717) is 42.3 Å². The van der Waals surface area contributed by atoms with Crippen LogP contribution < -0.4 is 9.47 Å². The van der Waals surface area contributed by atoms with Crippen LogP contribution in [-0.4, -0.2) is 13.2 Å². The molecule has 152 valence electrons. The molecule has 8 heteroatoms. The van der Waals surface area contributed by atoms with E-state index in [4.69, 9.17) is 30.5 Å². The minimum absolute atomic E-state index is 0.0174. The van der Waals surface area contributed by atoms with Crippen molar-refractivity contribution in [2.75, 3.05) is 13.2 Å². The van der Waals surface area contributed by atoms with Gasteiger partial charge in [-0.25, -0.2) is 0 Å². The molecule has 0 fully saturated rings. The molecule has 6 nitrogen and oxygen atoms in total. The molecule has 0 saturated heterocycles. The van der Waals surface area contributed by atoms with Gasteiger partial charge in [0.2, 0.25) is 0 Å². The summed E-state index contributed by atoms with van der Waals surface area (Å²) in [5, 5.41) is 35.9. The molecule has 2 rings (SSSR count). The van der Waals surface area contributed by atoms with Crippen LogP contribution in [0, 0.1) is 45.3 Å². The Hall–Kier alpha value is -3.56. The maximum atomic E-state index is 8.98. The van der Waals surface area contributed by atoms with Gasteiger partial charge in [-0.15, -0.1) is 0 Å².